The number of amides is 1. The van der Waals surface area contributed by atoms with Crippen molar-refractivity contribution in [2.75, 3.05) is 11.1 Å². The Balaban J connectivity index is 3.46. The van der Waals surface area contributed by atoms with Crippen molar-refractivity contribution in [1.82, 2.24) is 9.13 Å². The number of rotatable bonds is 6. The standard InChI is InChI=1S/C13H23N5O3/c1-5-6-7-18-9(14)8(10(19)17(4)12(18)21)16-13(2,3)11(15)20/h16H,5-7,14H2,1-4H3,(H2,15,20). The summed E-state index contributed by atoms with van der Waals surface area (Å²) in [6.07, 6.45) is 1.63. The minimum Gasteiger partial charge on any atom is -0.383 e. The van der Waals surface area contributed by atoms with E-state index in [1.54, 1.807) is 0 Å². The van der Waals surface area contributed by atoms with Crippen LogP contribution < -0.4 is 28.0 Å². The Morgan fingerprint density at radius 3 is 2.38 bits per heavy atom. The lowest BCUT2D eigenvalue weighted by Crippen LogP contribution is -2.49. The molecular formula is C13H23N5O3. The lowest BCUT2D eigenvalue weighted by molar-refractivity contribution is -0.121. The van der Waals surface area contributed by atoms with E-state index in [-0.39, 0.29) is 11.5 Å². The first-order chi connectivity index (χ1) is 9.63. The zero-order valence-electron chi connectivity index (χ0n) is 12.9. The third kappa shape index (κ3) is 3.26. The third-order valence-electron chi connectivity index (χ3n) is 3.37. The van der Waals surface area contributed by atoms with Crippen LogP contribution in [0.2, 0.25) is 0 Å². The van der Waals surface area contributed by atoms with Crippen molar-refractivity contribution in [2.24, 2.45) is 12.8 Å². The van der Waals surface area contributed by atoms with E-state index in [2.05, 4.69) is 5.32 Å². The number of nitrogens with two attached hydrogens (primary N) is 2. The van der Waals surface area contributed by atoms with Gasteiger partial charge in [-0.2, -0.15) is 0 Å². The molecule has 0 aliphatic rings. The molecule has 0 radical (unpaired) electrons. The lowest BCUT2D eigenvalue weighted by Gasteiger charge is -2.25. The highest BCUT2D eigenvalue weighted by Gasteiger charge is 2.28. The molecule has 0 saturated carbocycles. The monoisotopic (exact) mass is 297 g/mol. The van der Waals surface area contributed by atoms with Crippen molar-refractivity contribution in [3.63, 3.8) is 0 Å². The van der Waals surface area contributed by atoms with Gasteiger partial charge in [-0.05, 0) is 20.3 Å². The van der Waals surface area contributed by atoms with E-state index in [1.165, 1.54) is 25.5 Å². The number of anilines is 2. The number of nitrogens with zero attached hydrogens (tertiary/aromatic N) is 2. The molecule has 8 heteroatoms. The molecule has 118 valence electrons. The Labute approximate surface area is 122 Å². The van der Waals surface area contributed by atoms with Crippen LogP contribution in [0.4, 0.5) is 11.5 Å². The van der Waals surface area contributed by atoms with Crippen LogP contribution in [0.3, 0.4) is 0 Å². The molecule has 5 N–H and O–H groups in total. The Morgan fingerprint density at radius 2 is 1.90 bits per heavy atom. The summed E-state index contributed by atoms with van der Waals surface area (Å²) in [6, 6.07) is 0. The Morgan fingerprint density at radius 1 is 1.33 bits per heavy atom. The van der Waals surface area contributed by atoms with Crippen LogP contribution >= 0.6 is 0 Å². The van der Waals surface area contributed by atoms with E-state index >= 15 is 0 Å². The predicted octanol–water partition coefficient (Wildman–Crippen LogP) is -0.395. The Kier molecular flexibility index (Phi) is 4.82. The summed E-state index contributed by atoms with van der Waals surface area (Å²) in [5, 5.41) is 2.75. The second-order valence-electron chi connectivity index (χ2n) is 5.53. The summed E-state index contributed by atoms with van der Waals surface area (Å²) in [5.74, 6) is -0.610. The fourth-order valence-corrected chi connectivity index (χ4v) is 1.81. The highest BCUT2D eigenvalue weighted by Crippen LogP contribution is 2.17. The van der Waals surface area contributed by atoms with Crippen LogP contribution in [0.25, 0.3) is 0 Å². The number of hydrogen-bond donors (Lipinski definition) is 3. The van der Waals surface area contributed by atoms with Crippen molar-refractivity contribution >= 4 is 17.4 Å². The van der Waals surface area contributed by atoms with Crippen molar-refractivity contribution in [3.05, 3.63) is 20.8 Å². The predicted molar refractivity (Wildman–Crippen MR) is 82.2 cm³/mol. The van der Waals surface area contributed by atoms with E-state index in [9.17, 15) is 14.4 Å². The number of carbonyl (C=O) groups excluding carboxylic acids is 1. The van der Waals surface area contributed by atoms with Crippen LogP contribution in [0, 0.1) is 0 Å². The van der Waals surface area contributed by atoms with E-state index < -0.39 is 22.7 Å². The number of aromatic nitrogens is 2. The maximum Gasteiger partial charge on any atom is 0.332 e. The van der Waals surface area contributed by atoms with E-state index in [1.807, 2.05) is 6.92 Å². The second kappa shape index (κ2) is 6.02. The van der Waals surface area contributed by atoms with Crippen molar-refractivity contribution in [2.45, 2.75) is 45.7 Å². The minimum atomic E-state index is -1.16. The normalized spacial score (nSPS) is 11.4. The zero-order valence-corrected chi connectivity index (χ0v) is 12.9. The topological polar surface area (TPSA) is 125 Å². The van der Waals surface area contributed by atoms with Gasteiger partial charge in [-0.25, -0.2) is 4.79 Å². The Hall–Kier alpha value is -2.25. The molecule has 8 nitrogen and oxygen atoms in total. The molecule has 0 aromatic carbocycles. The van der Waals surface area contributed by atoms with Crippen LogP contribution in [0.5, 0.6) is 0 Å². The fourth-order valence-electron chi connectivity index (χ4n) is 1.81. The van der Waals surface area contributed by atoms with E-state index in [4.69, 9.17) is 11.5 Å². The number of unbranched alkanes of at least 4 members (excludes halogenated alkanes) is 1. The molecule has 1 amide bonds. The molecule has 0 atom stereocenters. The highest BCUT2D eigenvalue weighted by atomic mass is 16.2. The molecule has 21 heavy (non-hydrogen) atoms. The summed E-state index contributed by atoms with van der Waals surface area (Å²) >= 11 is 0. The van der Waals surface area contributed by atoms with Crippen LogP contribution in [-0.4, -0.2) is 20.6 Å². The first-order valence-corrected chi connectivity index (χ1v) is 6.80. The van der Waals surface area contributed by atoms with Crippen molar-refractivity contribution in [3.8, 4) is 0 Å². The van der Waals surface area contributed by atoms with Gasteiger partial charge in [-0.3, -0.25) is 18.7 Å². The van der Waals surface area contributed by atoms with Crippen molar-refractivity contribution in [1.29, 1.82) is 0 Å². The maximum atomic E-state index is 12.2. The van der Waals surface area contributed by atoms with E-state index in [0.29, 0.717) is 6.54 Å². The van der Waals surface area contributed by atoms with Gasteiger partial charge in [-0.1, -0.05) is 13.3 Å². The molecule has 1 rings (SSSR count). The molecule has 0 bridgehead atoms. The number of carbonyl (C=O) groups is 1. The number of nitrogen functional groups attached to an aromatic ring is 1. The van der Waals surface area contributed by atoms with Gasteiger partial charge in [-0.15, -0.1) is 0 Å². The minimum absolute atomic E-state index is 0.0111. The summed E-state index contributed by atoms with van der Waals surface area (Å²) in [5.41, 5.74) is 9.01. The average molecular weight is 297 g/mol. The number of hydrogen-bond acceptors (Lipinski definition) is 5. The first kappa shape index (κ1) is 16.8. The lowest BCUT2D eigenvalue weighted by atomic mass is 10.0. The first-order valence-electron chi connectivity index (χ1n) is 6.80. The van der Waals surface area contributed by atoms with Crippen molar-refractivity contribution < 1.29 is 4.79 Å². The molecule has 1 heterocycles. The van der Waals surface area contributed by atoms with E-state index in [0.717, 1.165) is 17.4 Å². The quantitative estimate of drug-likeness (QED) is 0.659. The number of nitrogens with one attached hydrogen (secondary N) is 1. The second-order valence-corrected chi connectivity index (χ2v) is 5.53. The van der Waals surface area contributed by atoms with Gasteiger partial charge in [0.25, 0.3) is 5.56 Å². The zero-order chi connectivity index (χ0) is 16.4. The average Bonchev–Trinajstić information content (AvgIpc) is 2.41. The van der Waals surface area contributed by atoms with Gasteiger partial charge in [0.2, 0.25) is 5.91 Å². The third-order valence-corrected chi connectivity index (χ3v) is 3.37. The molecule has 0 aliphatic carbocycles. The molecule has 0 fully saturated rings. The summed E-state index contributed by atoms with van der Waals surface area (Å²) in [4.78, 5) is 35.7. The molecule has 0 spiro atoms. The van der Waals surface area contributed by atoms with Crippen LogP contribution in [0.15, 0.2) is 9.59 Å². The smallest absolute Gasteiger partial charge is 0.332 e. The summed E-state index contributed by atoms with van der Waals surface area (Å²) < 4.78 is 2.29. The van der Waals surface area contributed by atoms with Crippen LogP contribution in [-0.2, 0) is 18.4 Å². The van der Waals surface area contributed by atoms with Gasteiger partial charge in [0.05, 0.1) is 0 Å². The molecule has 1 aromatic heterocycles. The Bertz CT molecular complexity index is 657. The number of primary amides is 1. The SMILES string of the molecule is CCCCn1c(N)c(NC(C)(C)C(N)=O)c(=O)n(C)c1=O. The molecular weight excluding hydrogens is 274 g/mol. The molecule has 0 aliphatic heterocycles. The molecule has 0 unspecified atom stereocenters. The maximum absolute atomic E-state index is 12.2. The highest BCUT2D eigenvalue weighted by molar-refractivity contribution is 5.87. The largest absolute Gasteiger partial charge is 0.383 e. The van der Waals surface area contributed by atoms with Gasteiger partial charge in [0.15, 0.2) is 0 Å². The fraction of sp³-hybridized carbons (Fsp3) is 0.615. The van der Waals surface area contributed by atoms with Gasteiger partial charge in [0.1, 0.15) is 17.0 Å². The summed E-state index contributed by atoms with van der Waals surface area (Å²) in [7, 11) is 1.37. The van der Waals surface area contributed by atoms with Gasteiger partial charge >= 0.3 is 5.69 Å². The molecule has 1 aromatic rings. The molecule has 0 saturated heterocycles. The van der Waals surface area contributed by atoms with Crippen LogP contribution in [0.1, 0.15) is 33.6 Å². The van der Waals surface area contributed by atoms with Gasteiger partial charge in [0, 0.05) is 13.6 Å². The summed E-state index contributed by atoms with van der Waals surface area (Å²) in [6.45, 7) is 5.46. The van der Waals surface area contributed by atoms with Gasteiger partial charge < -0.3 is 16.8 Å².